The topological polar surface area (TPSA) is 46.2 Å². The number of nitrogen functional groups attached to an aromatic ring is 1. The molecule has 2 rings (SSSR count). The number of hydrogen-bond donors (Lipinski definition) is 2. The second-order valence-corrected chi connectivity index (χ2v) is 5.39. The third kappa shape index (κ3) is 2.89. The number of aliphatic hydroxyl groups is 1. The zero-order chi connectivity index (χ0) is 10.7. The van der Waals surface area contributed by atoms with Gasteiger partial charge in [0.2, 0.25) is 0 Å². The Kier molecular flexibility index (Phi) is 3.54. The summed E-state index contributed by atoms with van der Waals surface area (Å²) in [6, 6.07) is 7.89. The van der Waals surface area contributed by atoms with Crippen molar-refractivity contribution in [3.8, 4) is 0 Å². The zero-order valence-electron chi connectivity index (χ0n) is 8.73. The lowest BCUT2D eigenvalue weighted by Crippen LogP contribution is -2.26. The van der Waals surface area contributed by atoms with Gasteiger partial charge in [-0.15, -0.1) is 11.8 Å². The summed E-state index contributed by atoms with van der Waals surface area (Å²) < 4.78 is 0. The highest BCUT2D eigenvalue weighted by Gasteiger charge is 2.23. The molecule has 1 aliphatic carbocycles. The van der Waals surface area contributed by atoms with Crippen LogP contribution in [0.25, 0.3) is 0 Å². The van der Waals surface area contributed by atoms with Gasteiger partial charge in [0.05, 0.1) is 6.10 Å². The number of rotatable bonds is 2. The first-order valence-electron chi connectivity index (χ1n) is 5.46. The Morgan fingerprint density at radius 2 is 1.80 bits per heavy atom. The van der Waals surface area contributed by atoms with E-state index in [9.17, 15) is 5.11 Å². The number of anilines is 1. The van der Waals surface area contributed by atoms with Crippen molar-refractivity contribution in [2.24, 2.45) is 0 Å². The molecule has 2 nitrogen and oxygen atoms in total. The molecular formula is C12H17NOS. The van der Waals surface area contributed by atoms with E-state index in [1.165, 1.54) is 17.7 Å². The van der Waals surface area contributed by atoms with Crippen molar-refractivity contribution in [2.75, 3.05) is 5.73 Å². The predicted molar refractivity (Wildman–Crippen MR) is 65.0 cm³/mol. The van der Waals surface area contributed by atoms with Crippen LogP contribution in [0.1, 0.15) is 25.7 Å². The van der Waals surface area contributed by atoms with Gasteiger partial charge in [-0.25, -0.2) is 0 Å². The van der Waals surface area contributed by atoms with Gasteiger partial charge in [0, 0.05) is 15.8 Å². The molecular weight excluding hydrogens is 206 g/mol. The quantitative estimate of drug-likeness (QED) is 0.758. The van der Waals surface area contributed by atoms with Crippen molar-refractivity contribution < 1.29 is 5.11 Å². The van der Waals surface area contributed by atoms with E-state index < -0.39 is 0 Å². The molecule has 2 atom stereocenters. The summed E-state index contributed by atoms with van der Waals surface area (Å²) in [5.41, 5.74) is 6.42. The van der Waals surface area contributed by atoms with E-state index in [1.54, 1.807) is 11.8 Å². The van der Waals surface area contributed by atoms with Gasteiger partial charge < -0.3 is 10.8 Å². The molecule has 1 fully saturated rings. The van der Waals surface area contributed by atoms with E-state index in [4.69, 9.17) is 5.73 Å². The lowest BCUT2D eigenvalue weighted by Gasteiger charge is -2.26. The predicted octanol–water partition coefficient (Wildman–Crippen LogP) is 2.66. The molecule has 0 spiro atoms. The molecule has 1 aromatic rings. The second-order valence-electron chi connectivity index (χ2n) is 4.08. The van der Waals surface area contributed by atoms with Crippen LogP contribution in [-0.4, -0.2) is 16.5 Å². The largest absolute Gasteiger partial charge is 0.399 e. The minimum atomic E-state index is -0.138. The molecule has 1 aliphatic rings. The van der Waals surface area contributed by atoms with Crippen LogP contribution >= 0.6 is 11.8 Å². The van der Waals surface area contributed by atoms with Gasteiger partial charge in [-0.05, 0) is 37.1 Å². The first kappa shape index (κ1) is 10.8. The minimum Gasteiger partial charge on any atom is -0.399 e. The van der Waals surface area contributed by atoms with Gasteiger partial charge in [0.15, 0.2) is 0 Å². The van der Waals surface area contributed by atoms with Gasteiger partial charge in [0.1, 0.15) is 0 Å². The maximum atomic E-state index is 9.84. The Balaban J connectivity index is 1.98. The van der Waals surface area contributed by atoms with Gasteiger partial charge in [-0.2, -0.15) is 0 Å². The van der Waals surface area contributed by atoms with Crippen molar-refractivity contribution in [2.45, 2.75) is 41.9 Å². The van der Waals surface area contributed by atoms with Crippen LogP contribution < -0.4 is 5.73 Å². The van der Waals surface area contributed by atoms with Crippen molar-refractivity contribution in [3.05, 3.63) is 24.3 Å². The summed E-state index contributed by atoms with van der Waals surface area (Å²) in [4.78, 5) is 1.20. The molecule has 1 saturated carbocycles. The summed E-state index contributed by atoms with van der Waals surface area (Å²) in [5, 5.41) is 10.2. The van der Waals surface area contributed by atoms with Crippen LogP contribution in [0, 0.1) is 0 Å². The summed E-state index contributed by atoms with van der Waals surface area (Å²) in [6.07, 6.45) is 4.34. The third-order valence-electron chi connectivity index (χ3n) is 2.84. The average Bonchev–Trinajstić information content (AvgIpc) is 2.25. The highest BCUT2D eigenvalue weighted by molar-refractivity contribution is 8.00. The minimum absolute atomic E-state index is 0.138. The third-order valence-corrected chi connectivity index (χ3v) is 4.23. The summed E-state index contributed by atoms with van der Waals surface area (Å²) in [7, 11) is 0. The fourth-order valence-corrected chi connectivity index (χ4v) is 3.16. The molecule has 0 heterocycles. The van der Waals surface area contributed by atoms with E-state index in [0.29, 0.717) is 5.25 Å². The monoisotopic (exact) mass is 223 g/mol. The lowest BCUT2D eigenvalue weighted by atomic mass is 9.97. The van der Waals surface area contributed by atoms with Gasteiger partial charge in [-0.3, -0.25) is 0 Å². The highest BCUT2D eigenvalue weighted by Crippen LogP contribution is 2.33. The van der Waals surface area contributed by atoms with E-state index in [2.05, 4.69) is 0 Å². The highest BCUT2D eigenvalue weighted by atomic mass is 32.2. The normalized spacial score (nSPS) is 26.5. The van der Waals surface area contributed by atoms with E-state index >= 15 is 0 Å². The van der Waals surface area contributed by atoms with Crippen LogP contribution in [0.2, 0.25) is 0 Å². The van der Waals surface area contributed by atoms with Crippen LogP contribution in [0.15, 0.2) is 29.2 Å². The Morgan fingerprint density at radius 1 is 1.13 bits per heavy atom. The molecule has 0 saturated heterocycles. The number of benzene rings is 1. The second kappa shape index (κ2) is 4.90. The Morgan fingerprint density at radius 3 is 2.47 bits per heavy atom. The van der Waals surface area contributed by atoms with Gasteiger partial charge in [-0.1, -0.05) is 12.8 Å². The summed E-state index contributed by atoms with van der Waals surface area (Å²) >= 11 is 1.78. The number of thioether (sulfide) groups is 1. The van der Waals surface area contributed by atoms with Gasteiger partial charge >= 0.3 is 0 Å². The molecule has 0 amide bonds. The van der Waals surface area contributed by atoms with E-state index in [0.717, 1.165) is 18.5 Å². The fourth-order valence-electron chi connectivity index (χ4n) is 1.94. The number of aliphatic hydroxyl groups excluding tert-OH is 1. The molecule has 0 bridgehead atoms. The maximum absolute atomic E-state index is 9.84. The smallest absolute Gasteiger partial charge is 0.0662 e. The first-order chi connectivity index (χ1) is 7.25. The van der Waals surface area contributed by atoms with E-state index in [1.807, 2.05) is 24.3 Å². The average molecular weight is 223 g/mol. The number of nitrogens with two attached hydrogens (primary N) is 1. The lowest BCUT2D eigenvalue weighted by molar-refractivity contribution is 0.137. The zero-order valence-corrected chi connectivity index (χ0v) is 9.54. The molecule has 0 aromatic heterocycles. The molecule has 15 heavy (non-hydrogen) atoms. The van der Waals surface area contributed by atoms with Crippen LogP contribution in [0.3, 0.4) is 0 Å². The van der Waals surface area contributed by atoms with Gasteiger partial charge in [0.25, 0.3) is 0 Å². The van der Waals surface area contributed by atoms with Crippen molar-refractivity contribution in [3.63, 3.8) is 0 Å². The van der Waals surface area contributed by atoms with Crippen molar-refractivity contribution >= 4 is 17.4 Å². The Hall–Kier alpha value is -0.670. The molecule has 3 N–H and O–H groups in total. The standard InChI is InChI=1S/C12H17NOS/c13-9-5-7-10(8-6-9)15-12-4-2-1-3-11(12)14/h5-8,11-12,14H,1-4,13H2/t11-,12-/m0/s1. The Labute approximate surface area is 94.9 Å². The molecule has 1 aromatic carbocycles. The SMILES string of the molecule is Nc1ccc(S[C@H]2CCCC[C@@H]2O)cc1. The van der Waals surface area contributed by atoms with Crippen molar-refractivity contribution in [1.82, 2.24) is 0 Å². The molecule has 82 valence electrons. The molecule has 0 radical (unpaired) electrons. The van der Waals surface area contributed by atoms with Crippen molar-refractivity contribution in [1.29, 1.82) is 0 Å². The van der Waals surface area contributed by atoms with Crippen LogP contribution in [0.4, 0.5) is 5.69 Å². The van der Waals surface area contributed by atoms with Crippen LogP contribution in [-0.2, 0) is 0 Å². The maximum Gasteiger partial charge on any atom is 0.0662 e. The fraction of sp³-hybridized carbons (Fsp3) is 0.500. The Bertz CT molecular complexity index is 312. The molecule has 3 heteroatoms. The summed E-state index contributed by atoms with van der Waals surface area (Å²) in [5.74, 6) is 0. The molecule has 0 aliphatic heterocycles. The molecule has 0 unspecified atom stereocenters. The number of hydrogen-bond acceptors (Lipinski definition) is 3. The van der Waals surface area contributed by atoms with Crippen LogP contribution in [0.5, 0.6) is 0 Å². The summed E-state index contributed by atoms with van der Waals surface area (Å²) in [6.45, 7) is 0. The van der Waals surface area contributed by atoms with E-state index in [-0.39, 0.29) is 6.10 Å². The first-order valence-corrected chi connectivity index (χ1v) is 6.34.